The molecule has 2 unspecified atom stereocenters. The zero-order chi connectivity index (χ0) is 8.01. The van der Waals surface area contributed by atoms with E-state index in [1.165, 1.54) is 19.5 Å². The number of piperidine rings is 2. The van der Waals surface area contributed by atoms with E-state index in [0.717, 1.165) is 11.8 Å². The molecule has 64 valence electrons. The maximum Gasteiger partial charge on any atom is 0.0120 e. The van der Waals surface area contributed by atoms with Gasteiger partial charge in [0.1, 0.15) is 0 Å². The van der Waals surface area contributed by atoms with Crippen molar-refractivity contribution in [3.63, 3.8) is 0 Å². The van der Waals surface area contributed by atoms with Gasteiger partial charge in [-0.25, -0.2) is 0 Å². The number of rotatable bonds is 1. The van der Waals surface area contributed by atoms with Crippen LogP contribution in [-0.2, 0) is 0 Å². The summed E-state index contributed by atoms with van der Waals surface area (Å²) in [5.41, 5.74) is 5.96. The van der Waals surface area contributed by atoms with Gasteiger partial charge >= 0.3 is 0 Å². The molecule has 0 amide bonds. The van der Waals surface area contributed by atoms with Crippen molar-refractivity contribution in [2.24, 2.45) is 17.6 Å². The van der Waals surface area contributed by atoms with Crippen LogP contribution in [0.4, 0.5) is 0 Å². The van der Waals surface area contributed by atoms with Gasteiger partial charge in [0.25, 0.3) is 0 Å². The summed E-state index contributed by atoms with van der Waals surface area (Å²) in [6.07, 6.45) is 1.39. The Morgan fingerprint density at radius 3 is 2.18 bits per heavy atom. The molecule has 2 nitrogen and oxygen atoms in total. The number of hydrogen-bond donors (Lipinski definition) is 1. The first kappa shape index (κ1) is 7.56. The second-order valence-electron chi connectivity index (χ2n) is 4.38. The van der Waals surface area contributed by atoms with E-state index in [4.69, 9.17) is 5.73 Å². The normalized spacial score (nSPS) is 44.2. The molecule has 0 aromatic carbocycles. The Balaban J connectivity index is 1.94. The van der Waals surface area contributed by atoms with Crippen molar-refractivity contribution in [3.05, 3.63) is 0 Å². The SMILES string of the molecule is CC(C)N1CC2CC(C1)C2N. The van der Waals surface area contributed by atoms with Crippen LogP contribution in [0.2, 0.25) is 0 Å². The fourth-order valence-corrected chi connectivity index (χ4v) is 2.38. The molecule has 2 bridgehead atoms. The first-order valence-corrected chi connectivity index (χ1v) is 4.68. The molecule has 0 spiro atoms. The molecule has 2 N–H and O–H groups in total. The molecule has 1 saturated carbocycles. The molecule has 3 aliphatic rings. The predicted octanol–water partition coefficient (Wildman–Crippen LogP) is 0.674. The van der Waals surface area contributed by atoms with Crippen molar-refractivity contribution in [1.29, 1.82) is 0 Å². The molecule has 2 heterocycles. The van der Waals surface area contributed by atoms with Crippen molar-refractivity contribution in [1.82, 2.24) is 4.90 Å². The predicted molar refractivity (Wildman–Crippen MR) is 46.3 cm³/mol. The van der Waals surface area contributed by atoms with Crippen molar-refractivity contribution in [2.45, 2.75) is 32.4 Å². The maximum absolute atomic E-state index is 5.96. The molecule has 2 saturated heterocycles. The molecule has 0 aromatic heterocycles. The van der Waals surface area contributed by atoms with E-state index >= 15 is 0 Å². The first-order chi connectivity index (χ1) is 5.18. The highest BCUT2D eigenvalue weighted by atomic mass is 15.2. The molecule has 2 atom stereocenters. The van der Waals surface area contributed by atoms with E-state index in [0.29, 0.717) is 12.1 Å². The zero-order valence-electron chi connectivity index (χ0n) is 7.46. The smallest absolute Gasteiger partial charge is 0.0120 e. The fourth-order valence-electron chi connectivity index (χ4n) is 2.38. The van der Waals surface area contributed by atoms with Gasteiger partial charge in [0, 0.05) is 25.2 Å². The summed E-state index contributed by atoms with van der Waals surface area (Å²) in [6.45, 7) is 7.04. The lowest BCUT2D eigenvalue weighted by Gasteiger charge is -2.53. The summed E-state index contributed by atoms with van der Waals surface area (Å²) in [5, 5.41) is 0. The van der Waals surface area contributed by atoms with Gasteiger partial charge < -0.3 is 10.6 Å². The van der Waals surface area contributed by atoms with Crippen LogP contribution in [0.5, 0.6) is 0 Å². The van der Waals surface area contributed by atoms with Gasteiger partial charge in [-0.3, -0.25) is 0 Å². The summed E-state index contributed by atoms with van der Waals surface area (Å²) in [5.74, 6) is 1.63. The molecule has 2 aliphatic heterocycles. The summed E-state index contributed by atoms with van der Waals surface area (Å²) in [4.78, 5) is 2.56. The summed E-state index contributed by atoms with van der Waals surface area (Å²) in [6, 6.07) is 1.25. The van der Waals surface area contributed by atoms with Crippen LogP contribution in [0.15, 0.2) is 0 Å². The second-order valence-corrected chi connectivity index (χ2v) is 4.38. The largest absolute Gasteiger partial charge is 0.327 e. The number of hydrogen-bond acceptors (Lipinski definition) is 2. The Kier molecular flexibility index (Phi) is 1.69. The zero-order valence-corrected chi connectivity index (χ0v) is 7.46. The Morgan fingerprint density at radius 2 is 1.82 bits per heavy atom. The molecule has 3 fully saturated rings. The van der Waals surface area contributed by atoms with E-state index in [9.17, 15) is 0 Å². The van der Waals surface area contributed by atoms with Crippen LogP contribution in [0.1, 0.15) is 20.3 Å². The Labute approximate surface area is 68.7 Å². The minimum absolute atomic E-state index is 0.532. The van der Waals surface area contributed by atoms with Gasteiger partial charge in [-0.1, -0.05) is 0 Å². The third-order valence-electron chi connectivity index (χ3n) is 3.36. The molecule has 0 radical (unpaired) electrons. The highest BCUT2D eigenvalue weighted by Crippen LogP contribution is 2.38. The van der Waals surface area contributed by atoms with Crippen LogP contribution in [0.25, 0.3) is 0 Å². The Bertz CT molecular complexity index is 144. The van der Waals surface area contributed by atoms with Crippen LogP contribution >= 0.6 is 0 Å². The van der Waals surface area contributed by atoms with E-state index < -0.39 is 0 Å². The van der Waals surface area contributed by atoms with E-state index in [-0.39, 0.29) is 0 Å². The molecular weight excluding hydrogens is 136 g/mol. The van der Waals surface area contributed by atoms with Gasteiger partial charge in [0.2, 0.25) is 0 Å². The van der Waals surface area contributed by atoms with E-state index in [1.54, 1.807) is 0 Å². The van der Waals surface area contributed by atoms with Gasteiger partial charge in [-0.15, -0.1) is 0 Å². The minimum Gasteiger partial charge on any atom is -0.327 e. The quantitative estimate of drug-likeness (QED) is 0.601. The second kappa shape index (κ2) is 2.46. The maximum atomic E-state index is 5.96. The number of nitrogens with two attached hydrogens (primary N) is 1. The van der Waals surface area contributed by atoms with Crippen molar-refractivity contribution in [2.75, 3.05) is 13.1 Å². The first-order valence-electron chi connectivity index (χ1n) is 4.68. The molecule has 0 aromatic rings. The van der Waals surface area contributed by atoms with Gasteiger partial charge in [-0.2, -0.15) is 0 Å². The average Bonchev–Trinajstić information content (AvgIpc) is 2.03. The van der Waals surface area contributed by atoms with Crippen LogP contribution in [-0.4, -0.2) is 30.1 Å². The molecule has 3 rings (SSSR count). The third-order valence-corrected chi connectivity index (χ3v) is 3.36. The lowest BCUT2D eigenvalue weighted by molar-refractivity contribution is -0.0124. The highest BCUT2D eigenvalue weighted by molar-refractivity contribution is 5.00. The topological polar surface area (TPSA) is 29.3 Å². The minimum atomic E-state index is 0.532. The lowest BCUT2D eigenvalue weighted by Crippen LogP contribution is -2.63. The van der Waals surface area contributed by atoms with Crippen molar-refractivity contribution in [3.8, 4) is 0 Å². The molecular formula is C9H18N2. The fraction of sp³-hybridized carbons (Fsp3) is 1.00. The third kappa shape index (κ3) is 1.09. The highest BCUT2D eigenvalue weighted by Gasteiger charge is 2.44. The summed E-state index contributed by atoms with van der Waals surface area (Å²) >= 11 is 0. The lowest BCUT2D eigenvalue weighted by atomic mass is 9.66. The molecule has 11 heavy (non-hydrogen) atoms. The monoisotopic (exact) mass is 154 g/mol. The van der Waals surface area contributed by atoms with Crippen LogP contribution in [0.3, 0.4) is 0 Å². The Morgan fingerprint density at radius 1 is 1.27 bits per heavy atom. The van der Waals surface area contributed by atoms with Crippen molar-refractivity contribution >= 4 is 0 Å². The average molecular weight is 154 g/mol. The van der Waals surface area contributed by atoms with Gasteiger partial charge in [0.05, 0.1) is 0 Å². The summed E-state index contributed by atoms with van der Waals surface area (Å²) in [7, 11) is 0. The van der Waals surface area contributed by atoms with Gasteiger partial charge in [0.15, 0.2) is 0 Å². The van der Waals surface area contributed by atoms with Gasteiger partial charge in [-0.05, 0) is 32.1 Å². The molecule has 2 heteroatoms. The standard InChI is InChI=1S/C9H18N2/c1-6(2)11-4-7-3-8(5-11)9(7)10/h6-9H,3-5,10H2,1-2H3. The number of fused-ring (bicyclic) bond motifs is 2. The molecule has 1 aliphatic carbocycles. The summed E-state index contributed by atoms with van der Waals surface area (Å²) < 4.78 is 0. The van der Waals surface area contributed by atoms with E-state index in [1.807, 2.05) is 0 Å². The van der Waals surface area contributed by atoms with E-state index in [2.05, 4.69) is 18.7 Å². The van der Waals surface area contributed by atoms with Crippen LogP contribution in [0, 0.1) is 11.8 Å². The van der Waals surface area contributed by atoms with Crippen molar-refractivity contribution < 1.29 is 0 Å². The number of nitrogens with zero attached hydrogens (tertiary/aromatic N) is 1. The Hall–Kier alpha value is -0.0800. The van der Waals surface area contributed by atoms with Crippen LogP contribution < -0.4 is 5.73 Å².